The third kappa shape index (κ3) is 4.47. The van der Waals surface area contributed by atoms with E-state index in [2.05, 4.69) is 5.32 Å². The summed E-state index contributed by atoms with van der Waals surface area (Å²) >= 11 is 5.62. The van der Waals surface area contributed by atoms with Gasteiger partial charge in [-0.2, -0.15) is 5.26 Å². The Morgan fingerprint density at radius 1 is 1.27 bits per heavy atom. The summed E-state index contributed by atoms with van der Waals surface area (Å²) in [6.07, 6.45) is 0.322. The van der Waals surface area contributed by atoms with Gasteiger partial charge in [0.2, 0.25) is 0 Å². The zero-order chi connectivity index (χ0) is 15.9. The van der Waals surface area contributed by atoms with Crippen molar-refractivity contribution >= 4 is 23.2 Å². The van der Waals surface area contributed by atoms with Crippen molar-refractivity contribution < 1.29 is 13.9 Å². The number of amides is 1. The van der Waals surface area contributed by atoms with Gasteiger partial charge in [-0.3, -0.25) is 4.79 Å². The summed E-state index contributed by atoms with van der Waals surface area (Å²) < 4.78 is 18.2. The molecule has 2 aromatic rings. The van der Waals surface area contributed by atoms with Crippen molar-refractivity contribution in [3.05, 3.63) is 58.9 Å². The topological polar surface area (TPSA) is 62.1 Å². The van der Waals surface area contributed by atoms with Crippen molar-refractivity contribution in [1.82, 2.24) is 0 Å². The Hall–Kier alpha value is -2.58. The van der Waals surface area contributed by atoms with Gasteiger partial charge in [0.1, 0.15) is 11.6 Å². The van der Waals surface area contributed by atoms with Crippen molar-refractivity contribution in [3.63, 3.8) is 0 Å². The summed E-state index contributed by atoms with van der Waals surface area (Å²) in [4.78, 5) is 11.8. The van der Waals surface area contributed by atoms with Gasteiger partial charge < -0.3 is 10.1 Å². The summed E-state index contributed by atoms with van der Waals surface area (Å²) in [5.41, 5.74) is 1.48. The first-order valence-corrected chi connectivity index (χ1v) is 6.80. The molecule has 0 bridgehead atoms. The number of rotatable bonds is 5. The Balaban J connectivity index is 1.87. The molecule has 0 heterocycles. The Labute approximate surface area is 132 Å². The third-order valence-electron chi connectivity index (χ3n) is 2.78. The van der Waals surface area contributed by atoms with Crippen LogP contribution >= 0.6 is 11.6 Å². The fourth-order valence-electron chi connectivity index (χ4n) is 1.71. The lowest BCUT2D eigenvalue weighted by atomic mass is 10.1. The molecule has 0 radical (unpaired) electrons. The lowest BCUT2D eigenvalue weighted by Crippen LogP contribution is -2.20. The van der Waals surface area contributed by atoms with Crippen LogP contribution in [0.2, 0.25) is 5.02 Å². The Morgan fingerprint density at radius 2 is 2.00 bits per heavy atom. The van der Waals surface area contributed by atoms with E-state index in [1.54, 1.807) is 24.3 Å². The van der Waals surface area contributed by atoms with Crippen LogP contribution in [0, 0.1) is 17.1 Å². The SMILES string of the molecule is N#CCc1ccc(NC(=O)COc2ccc(F)c(Cl)c2)cc1. The minimum absolute atomic E-state index is 0.0639. The van der Waals surface area contributed by atoms with Gasteiger partial charge in [-0.1, -0.05) is 23.7 Å². The molecule has 112 valence electrons. The molecule has 6 heteroatoms. The molecular weight excluding hydrogens is 307 g/mol. The first-order chi connectivity index (χ1) is 10.6. The number of nitriles is 1. The normalized spacial score (nSPS) is 9.86. The molecule has 0 atom stereocenters. The molecule has 0 unspecified atom stereocenters. The van der Waals surface area contributed by atoms with Crippen LogP contribution in [0.5, 0.6) is 5.75 Å². The summed E-state index contributed by atoms with van der Waals surface area (Å²) in [5, 5.41) is 11.2. The van der Waals surface area contributed by atoms with Gasteiger partial charge >= 0.3 is 0 Å². The highest BCUT2D eigenvalue weighted by molar-refractivity contribution is 6.30. The fourth-order valence-corrected chi connectivity index (χ4v) is 1.88. The summed E-state index contributed by atoms with van der Waals surface area (Å²) in [7, 11) is 0. The first-order valence-electron chi connectivity index (χ1n) is 6.42. The second kappa shape index (κ2) is 7.43. The molecule has 2 aromatic carbocycles. The monoisotopic (exact) mass is 318 g/mol. The van der Waals surface area contributed by atoms with Crippen molar-refractivity contribution in [1.29, 1.82) is 5.26 Å². The Kier molecular flexibility index (Phi) is 5.34. The van der Waals surface area contributed by atoms with E-state index in [0.717, 1.165) is 5.56 Å². The molecule has 2 rings (SSSR count). The van der Waals surface area contributed by atoms with E-state index in [4.69, 9.17) is 21.6 Å². The summed E-state index contributed by atoms with van der Waals surface area (Å²) in [5.74, 6) is -0.588. The summed E-state index contributed by atoms with van der Waals surface area (Å²) in [6, 6.07) is 12.9. The van der Waals surface area contributed by atoms with E-state index in [-0.39, 0.29) is 17.5 Å². The minimum atomic E-state index is -0.545. The fraction of sp³-hybridized carbons (Fsp3) is 0.125. The number of hydrogen-bond acceptors (Lipinski definition) is 3. The number of halogens is 2. The van der Waals surface area contributed by atoms with Crippen LogP contribution in [-0.4, -0.2) is 12.5 Å². The second-order valence-electron chi connectivity index (χ2n) is 4.44. The van der Waals surface area contributed by atoms with Gasteiger partial charge in [-0.15, -0.1) is 0 Å². The molecule has 4 nitrogen and oxygen atoms in total. The highest BCUT2D eigenvalue weighted by Gasteiger charge is 2.06. The lowest BCUT2D eigenvalue weighted by molar-refractivity contribution is -0.118. The maximum absolute atomic E-state index is 13.0. The van der Waals surface area contributed by atoms with Crippen molar-refractivity contribution in [2.45, 2.75) is 6.42 Å². The number of nitrogens with one attached hydrogen (secondary N) is 1. The smallest absolute Gasteiger partial charge is 0.262 e. The van der Waals surface area contributed by atoms with Crippen LogP contribution in [0.4, 0.5) is 10.1 Å². The maximum atomic E-state index is 13.0. The molecule has 0 aliphatic carbocycles. The van der Waals surface area contributed by atoms with Gasteiger partial charge in [0, 0.05) is 11.8 Å². The maximum Gasteiger partial charge on any atom is 0.262 e. The molecule has 22 heavy (non-hydrogen) atoms. The van der Waals surface area contributed by atoms with Gasteiger partial charge in [-0.05, 0) is 29.8 Å². The highest BCUT2D eigenvalue weighted by atomic mass is 35.5. The number of nitrogens with zero attached hydrogens (tertiary/aromatic N) is 1. The zero-order valence-electron chi connectivity index (χ0n) is 11.5. The zero-order valence-corrected chi connectivity index (χ0v) is 12.2. The molecule has 1 N–H and O–H groups in total. The second-order valence-corrected chi connectivity index (χ2v) is 4.85. The minimum Gasteiger partial charge on any atom is -0.484 e. The molecule has 0 aromatic heterocycles. The third-order valence-corrected chi connectivity index (χ3v) is 3.07. The van der Waals surface area contributed by atoms with E-state index < -0.39 is 5.82 Å². The van der Waals surface area contributed by atoms with Crippen LogP contribution < -0.4 is 10.1 Å². The number of anilines is 1. The molecule has 0 fully saturated rings. The Bertz CT molecular complexity index is 711. The van der Waals surface area contributed by atoms with Crippen molar-refractivity contribution in [3.8, 4) is 11.8 Å². The molecule has 0 aliphatic heterocycles. The van der Waals surface area contributed by atoms with Crippen LogP contribution in [-0.2, 0) is 11.2 Å². The first kappa shape index (κ1) is 15.8. The number of benzene rings is 2. The quantitative estimate of drug-likeness (QED) is 0.916. The number of hydrogen-bond donors (Lipinski definition) is 1. The predicted octanol–water partition coefficient (Wildman–Crippen LogP) is 3.56. The van der Waals surface area contributed by atoms with Gasteiger partial charge in [0.15, 0.2) is 6.61 Å². The molecule has 0 aliphatic rings. The Morgan fingerprint density at radius 3 is 2.64 bits per heavy atom. The van der Waals surface area contributed by atoms with Gasteiger partial charge in [0.25, 0.3) is 5.91 Å². The molecule has 0 saturated carbocycles. The van der Waals surface area contributed by atoms with Crippen LogP contribution in [0.15, 0.2) is 42.5 Å². The van der Waals surface area contributed by atoms with Gasteiger partial charge in [0.05, 0.1) is 17.5 Å². The highest BCUT2D eigenvalue weighted by Crippen LogP contribution is 2.21. The van der Waals surface area contributed by atoms with E-state index in [0.29, 0.717) is 17.9 Å². The van der Waals surface area contributed by atoms with E-state index in [1.165, 1.54) is 18.2 Å². The molecule has 1 amide bonds. The van der Waals surface area contributed by atoms with Crippen molar-refractivity contribution in [2.75, 3.05) is 11.9 Å². The molecule has 0 spiro atoms. The standard InChI is InChI=1S/C16H12ClFN2O2/c17-14-9-13(5-6-15(14)18)22-10-16(21)20-12-3-1-11(2-4-12)7-8-19/h1-6,9H,7,10H2,(H,20,21). The molecule has 0 saturated heterocycles. The average Bonchev–Trinajstić information content (AvgIpc) is 2.51. The number of carbonyl (C=O) groups excluding carboxylic acids is 1. The van der Waals surface area contributed by atoms with Gasteiger partial charge in [-0.25, -0.2) is 4.39 Å². The van der Waals surface area contributed by atoms with E-state index in [9.17, 15) is 9.18 Å². The van der Waals surface area contributed by atoms with Crippen molar-refractivity contribution in [2.24, 2.45) is 0 Å². The predicted molar refractivity (Wildman–Crippen MR) is 81.3 cm³/mol. The van der Waals surface area contributed by atoms with E-state index in [1.807, 2.05) is 6.07 Å². The van der Waals surface area contributed by atoms with Crippen LogP contribution in [0.3, 0.4) is 0 Å². The van der Waals surface area contributed by atoms with E-state index >= 15 is 0 Å². The number of ether oxygens (including phenoxy) is 1. The number of carbonyl (C=O) groups is 1. The average molecular weight is 319 g/mol. The van der Waals surface area contributed by atoms with Crippen LogP contribution in [0.25, 0.3) is 0 Å². The summed E-state index contributed by atoms with van der Waals surface area (Å²) in [6.45, 7) is -0.220. The lowest BCUT2D eigenvalue weighted by Gasteiger charge is -2.08. The van der Waals surface area contributed by atoms with Crippen LogP contribution in [0.1, 0.15) is 5.56 Å². The molecular formula is C16H12ClFN2O2. The largest absolute Gasteiger partial charge is 0.484 e.